The van der Waals surface area contributed by atoms with E-state index in [1.54, 1.807) is 11.8 Å². The topological polar surface area (TPSA) is 66.5 Å². The Bertz CT molecular complexity index is 650. The van der Waals surface area contributed by atoms with Gasteiger partial charge in [-0.2, -0.15) is 5.26 Å². The number of hydrogen-bond acceptors (Lipinski definition) is 5. The van der Waals surface area contributed by atoms with Crippen LogP contribution in [0.3, 0.4) is 0 Å². The quantitative estimate of drug-likeness (QED) is 0.878. The van der Waals surface area contributed by atoms with E-state index in [0.29, 0.717) is 11.6 Å². The molecule has 0 spiro atoms. The van der Waals surface area contributed by atoms with E-state index in [0.717, 1.165) is 29.7 Å². The second-order valence-electron chi connectivity index (χ2n) is 5.15. The second-order valence-corrected chi connectivity index (χ2v) is 6.09. The Hall–Kier alpha value is -1.84. The average Bonchev–Trinajstić information content (AvgIpc) is 3.15. The first-order valence-corrected chi connectivity index (χ1v) is 8.01. The molecule has 0 radical (unpaired) electrons. The number of rotatable bonds is 4. The van der Waals surface area contributed by atoms with Crippen LogP contribution in [0.25, 0.3) is 0 Å². The number of nitriles is 1. The monoisotopic (exact) mass is 299 g/mol. The van der Waals surface area contributed by atoms with Crippen molar-refractivity contribution in [1.82, 2.24) is 20.1 Å². The maximum Gasteiger partial charge on any atom is 0.191 e. The lowest BCUT2D eigenvalue weighted by Gasteiger charge is -2.09. The lowest BCUT2D eigenvalue weighted by molar-refractivity contribution is 0.569. The van der Waals surface area contributed by atoms with Crippen molar-refractivity contribution >= 4 is 11.8 Å². The van der Waals surface area contributed by atoms with E-state index >= 15 is 0 Å². The Labute approximate surface area is 128 Å². The molecule has 5 nitrogen and oxygen atoms in total. The summed E-state index contributed by atoms with van der Waals surface area (Å²) in [7, 11) is 2.02. The molecule has 2 heterocycles. The van der Waals surface area contributed by atoms with Crippen molar-refractivity contribution < 1.29 is 0 Å². The summed E-state index contributed by atoms with van der Waals surface area (Å²) in [5.74, 6) is 1.85. The first kappa shape index (κ1) is 14.1. The second kappa shape index (κ2) is 6.29. The SMILES string of the molecule is Cn1c(SCc2ccc(C#N)cc2)nnc1C1CCCN1. The van der Waals surface area contributed by atoms with Crippen LogP contribution < -0.4 is 5.32 Å². The van der Waals surface area contributed by atoms with Gasteiger partial charge in [-0.3, -0.25) is 0 Å². The van der Waals surface area contributed by atoms with Crippen molar-refractivity contribution in [3.8, 4) is 6.07 Å². The third-order valence-corrected chi connectivity index (χ3v) is 4.78. The van der Waals surface area contributed by atoms with Gasteiger partial charge >= 0.3 is 0 Å². The molecule has 1 fully saturated rings. The van der Waals surface area contributed by atoms with Gasteiger partial charge in [0.25, 0.3) is 0 Å². The molecule has 3 rings (SSSR count). The van der Waals surface area contributed by atoms with Crippen molar-refractivity contribution in [2.75, 3.05) is 6.54 Å². The molecular weight excluding hydrogens is 282 g/mol. The molecule has 0 saturated carbocycles. The maximum atomic E-state index is 8.80. The fourth-order valence-electron chi connectivity index (χ4n) is 2.48. The van der Waals surface area contributed by atoms with E-state index in [2.05, 4.69) is 26.2 Å². The van der Waals surface area contributed by atoms with Crippen LogP contribution >= 0.6 is 11.8 Å². The Balaban J connectivity index is 1.66. The largest absolute Gasteiger partial charge is 0.308 e. The number of nitrogens with one attached hydrogen (secondary N) is 1. The van der Waals surface area contributed by atoms with Crippen LogP contribution in [-0.4, -0.2) is 21.3 Å². The van der Waals surface area contributed by atoms with Crippen molar-refractivity contribution in [3.05, 3.63) is 41.2 Å². The smallest absolute Gasteiger partial charge is 0.191 e. The van der Waals surface area contributed by atoms with E-state index in [4.69, 9.17) is 5.26 Å². The number of thioether (sulfide) groups is 1. The number of benzene rings is 1. The van der Waals surface area contributed by atoms with Crippen molar-refractivity contribution in [2.45, 2.75) is 29.8 Å². The normalized spacial score (nSPS) is 17.8. The molecular formula is C15H17N5S. The van der Waals surface area contributed by atoms with Gasteiger partial charge in [-0.25, -0.2) is 0 Å². The van der Waals surface area contributed by atoms with E-state index in [9.17, 15) is 0 Å². The van der Waals surface area contributed by atoms with Gasteiger partial charge in [-0.15, -0.1) is 10.2 Å². The third-order valence-electron chi connectivity index (χ3n) is 3.69. The summed E-state index contributed by atoms with van der Waals surface area (Å²) in [6, 6.07) is 10.1. The Morgan fingerprint density at radius 3 is 2.86 bits per heavy atom. The van der Waals surface area contributed by atoms with Crippen LogP contribution in [0.4, 0.5) is 0 Å². The molecule has 1 N–H and O–H groups in total. The lowest BCUT2D eigenvalue weighted by Crippen LogP contribution is -2.17. The molecule has 1 atom stereocenters. The van der Waals surface area contributed by atoms with Crippen molar-refractivity contribution in [3.63, 3.8) is 0 Å². The van der Waals surface area contributed by atoms with Gasteiger partial charge in [0.05, 0.1) is 17.7 Å². The van der Waals surface area contributed by atoms with E-state index in [-0.39, 0.29) is 0 Å². The van der Waals surface area contributed by atoms with Crippen LogP contribution in [-0.2, 0) is 12.8 Å². The maximum absolute atomic E-state index is 8.80. The third kappa shape index (κ3) is 3.09. The number of nitrogens with zero attached hydrogens (tertiary/aromatic N) is 4. The van der Waals surface area contributed by atoms with Crippen molar-refractivity contribution in [1.29, 1.82) is 5.26 Å². The van der Waals surface area contributed by atoms with Gasteiger partial charge in [0.2, 0.25) is 0 Å². The van der Waals surface area contributed by atoms with Gasteiger partial charge in [0.1, 0.15) is 0 Å². The molecule has 108 valence electrons. The van der Waals surface area contributed by atoms with E-state index in [1.165, 1.54) is 12.0 Å². The highest BCUT2D eigenvalue weighted by Gasteiger charge is 2.22. The molecule has 1 aromatic heterocycles. The summed E-state index contributed by atoms with van der Waals surface area (Å²) in [6.07, 6.45) is 2.33. The molecule has 1 unspecified atom stereocenters. The van der Waals surface area contributed by atoms with Crippen LogP contribution in [0.1, 0.15) is 35.8 Å². The molecule has 21 heavy (non-hydrogen) atoms. The number of aromatic nitrogens is 3. The average molecular weight is 299 g/mol. The van der Waals surface area contributed by atoms with Gasteiger partial charge in [0, 0.05) is 12.8 Å². The minimum absolute atomic E-state index is 0.340. The van der Waals surface area contributed by atoms with Crippen LogP contribution in [0.15, 0.2) is 29.4 Å². The molecule has 1 saturated heterocycles. The van der Waals surface area contributed by atoms with Crippen molar-refractivity contribution in [2.24, 2.45) is 7.05 Å². The van der Waals surface area contributed by atoms with Crippen LogP contribution in [0.5, 0.6) is 0 Å². The first-order chi connectivity index (χ1) is 10.3. The summed E-state index contributed by atoms with van der Waals surface area (Å²) in [4.78, 5) is 0. The zero-order valence-electron chi connectivity index (χ0n) is 11.9. The highest BCUT2D eigenvalue weighted by molar-refractivity contribution is 7.98. The summed E-state index contributed by atoms with van der Waals surface area (Å²) in [6.45, 7) is 1.06. The fourth-order valence-corrected chi connectivity index (χ4v) is 3.36. The zero-order valence-corrected chi connectivity index (χ0v) is 12.7. The Kier molecular flexibility index (Phi) is 4.23. The van der Waals surface area contributed by atoms with Gasteiger partial charge in [-0.05, 0) is 37.1 Å². The summed E-state index contributed by atoms with van der Waals surface area (Å²) in [5, 5.41) is 21.8. The van der Waals surface area contributed by atoms with Gasteiger partial charge in [-0.1, -0.05) is 23.9 Å². The van der Waals surface area contributed by atoms with E-state index < -0.39 is 0 Å². The highest BCUT2D eigenvalue weighted by atomic mass is 32.2. The predicted molar refractivity (Wildman–Crippen MR) is 81.7 cm³/mol. The highest BCUT2D eigenvalue weighted by Crippen LogP contribution is 2.26. The minimum atomic E-state index is 0.340. The zero-order chi connectivity index (χ0) is 14.7. The summed E-state index contributed by atoms with van der Waals surface area (Å²) in [5.41, 5.74) is 1.87. The predicted octanol–water partition coefficient (Wildman–Crippen LogP) is 2.40. The number of hydrogen-bond donors (Lipinski definition) is 1. The van der Waals surface area contributed by atoms with Crippen LogP contribution in [0.2, 0.25) is 0 Å². The summed E-state index contributed by atoms with van der Waals surface area (Å²) >= 11 is 1.67. The molecule has 6 heteroatoms. The van der Waals surface area contributed by atoms with Gasteiger partial charge in [0.15, 0.2) is 11.0 Å². The Morgan fingerprint density at radius 1 is 1.38 bits per heavy atom. The molecule has 0 amide bonds. The van der Waals surface area contributed by atoms with E-state index in [1.807, 2.05) is 31.3 Å². The molecule has 2 aromatic rings. The molecule has 1 aromatic carbocycles. The Morgan fingerprint density at radius 2 is 2.19 bits per heavy atom. The first-order valence-electron chi connectivity index (χ1n) is 7.02. The van der Waals surface area contributed by atoms with Crippen LogP contribution in [0, 0.1) is 11.3 Å². The molecule has 1 aliphatic heterocycles. The molecule has 0 bridgehead atoms. The fraction of sp³-hybridized carbons (Fsp3) is 0.400. The molecule has 0 aliphatic carbocycles. The standard InChI is InChI=1S/C15H17N5S/c1-20-14(13-3-2-8-17-13)18-19-15(20)21-10-12-6-4-11(9-16)5-7-12/h4-7,13,17H,2-3,8,10H2,1H3. The molecule has 1 aliphatic rings. The minimum Gasteiger partial charge on any atom is -0.308 e. The summed E-state index contributed by atoms with van der Waals surface area (Å²) < 4.78 is 2.08. The van der Waals surface area contributed by atoms with Gasteiger partial charge < -0.3 is 9.88 Å². The lowest BCUT2D eigenvalue weighted by atomic mass is 10.2.